The first-order chi connectivity index (χ1) is 13.3. The van der Waals surface area contributed by atoms with Crippen molar-refractivity contribution < 1.29 is 9.59 Å². The summed E-state index contributed by atoms with van der Waals surface area (Å²) in [5.74, 6) is 0.178. The lowest BCUT2D eigenvalue weighted by Crippen LogP contribution is -2.43. The lowest BCUT2D eigenvalue weighted by molar-refractivity contribution is -0.122. The van der Waals surface area contributed by atoms with E-state index < -0.39 is 6.04 Å². The van der Waals surface area contributed by atoms with Gasteiger partial charge in [-0.25, -0.2) is 0 Å². The topological polar surface area (TPSA) is 61.4 Å². The van der Waals surface area contributed by atoms with Crippen LogP contribution in [0, 0.1) is 0 Å². The first-order valence-electron chi connectivity index (χ1n) is 9.80. The third-order valence-corrected chi connectivity index (χ3v) is 4.95. The molecule has 0 aliphatic rings. The molecule has 0 spiro atoms. The molecule has 2 rings (SSSR count). The Balaban J connectivity index is 1.90. The summed E-state index contributed by atoms with van der Waals surface area (Å²) in [6.45, 7) is 8.25. The van der Waals surface area contributed by atoms with Crippen LogP contribution >= 0.6 is 0 Å². The number of para-hydroxylation sites is 1. The number of carbonyl (C=O) groups excluding carboxylic acids is 2. The molecule has 2 amide bonds. The minimum absolute atomic E-state index is 0.135. The molecule has 28 heavy (non-hydrogen) atoms. The third kappa shape index (κ3) is 5.92. The number of likely N-dealkylation sites (N-methyl/N-ethyl adjacent to an activating group) is 1. The molecule has 0 fully saturated rings. The van der Waals surface area contributed by atoms with E-state index in [1.165, 1.54) is 5.56 Å². The molecule has 5 heteroatoms. The number of nitrogens with zero attached hydrogens (tertiary/aromatic N) is 1. The van der Waals surface area contributed by atoms with Crippen molar-refractivity contribution in [2.75, 3.05) is 24.2 Å². The van der Waals surface area contributed by atoms with Crippen LogP contribution in [0.15, 0.2) is 48.5 Å². The van der Waals surface area contributed by atoms with Crippen molar-refractivity contribution in [2.24, 2.45) is 0 Å². The Bertz CT molecular complexity index is 800. The van der Waals surface area contributed by atoms with Crippen LogP contribution in [0.3, 0.4) is 0 Å². The van der Waals surface area contributed by atoms with Crippen LogP contribution < -0.4 is 10.6 Å². The summed E-state index contributed by atoms with van der Waals surface area (Å²) in [4.78, 5) is 26.7. The second kappa shape index (κ2) is 10.0. The van der Waals surface area contributed by atoms with E-state index in [2.05, 4.69) is 31.4 Å². The largest absolute Gasteiger partial charge is 0.325 e. The predicted molar refractivity (Wildman–Crippen MR) is 116 cm³/mol. The van der Waals surface area contributed by atoms with Gasteiger partial charge in [0.1, 0.15) is 0 Å². The number of hydrogen-bond acceptors (Lipinski definition) is 3. The van der Waals surface area contributed by atoms with E-state index in [0.717, 1.165) is 23.4 Å². The molecule has 0 aliphatic carbocycles. The maximum absolute atomic E-state index is 12.5. The molecule has 0 saturated heterocycles. The normalized spacial score (nSPS) is 12.1. The highest BCUT2D eigenvalue weighted by molar-refractivity contribution is 5.96. The van der Waals surface area contributed by atoms with Gasteiger partial charge in [0.15, 0.2) is 0 Å². The fourth-order valence-corrected chi connectivity index (χ4v) is 2.90. The van der Waals surface area contributed by atoms with Gasteiger partial charge < -0.3 is 10.6 Å². The van der Waals surface area contributed by atoms with Crippen molar-refractivity contribution in [3.05, 3.63) is 59.7 Å². The van der Waals surface area contributed by atoms with Crippen molar-refractivity contribution in [2.45, 2.75) is 46.1 Å². The molecular formula is C23H31N3O2. The zero-order valence-corrected chi connectivity index (χ0v) is 17.5. The second-order valence-corrected chi connectivity index (χ2v) is 7.42. The number of benzene rings is 2. The molecule has 2 aromatic rings. The van der Waals surface area contributed by atoms with Gasteiger partial charge in [-0.2, -0.15) is 0 Å². The molecule has 0 radical (unpaired) electrons. The van der Waals surface area contributed by atoms with Crippen LogP contribution in [-0.2, 0) is 16.0 Å². The van der Waals surface area contributed by atoms with E-state index >= 15 is 0 Å². The number of nitrogens with one attached hydrogen (secondary N) is 2. The number of hydrogen-bond donors (Lipinski definition) is 2. The van der Waals surface area contributed by atoms with Crippen LogP contribution in [0.5, 0.6) is 0 Å². The van der Waals surface area contributed by atoms with E-state index in [1.54, 1.807) is 18.9 Å². The Morgan fingerprint density at radius 1 is 0.964 bits per heavy atom. The molecular weight excluding hydrogens is 350 g/mol. The van der Waals surface area contributed by atoms with Gasteiger partial charge in [-0.1, -0.05) is 51.1 Å². The number of amides is 2. The zero-order chi connectivity index (χ0) is 20.7. The fourth-order valence-electron chi connectivity index (χ4n) is 2.90. The summed E-state index contributed by atoms with van der Waals surface area (Å²) < 4.78 is 0. The van der Waals surface area contributed by atoms with E-state index in [-0.39, 0.29) is 18.4 Å². The van der Waals surface area contributed by atoms with Crippen LogP contribution in [0.4, 0.5) is 11.4 Å². The number of carbonyl (C=O) groups is 2. The van der Waals surface area contributed by atoms with Gasteiger partial charge in [-0.15, -0.1) is 0 Å². The number of aryl methyl sites for hydroxylation is 1. The van der Waals surface area contributed by atoms with Crippen LogP contribution in [0.25, 0.3) is 0 Å². The van der Waals surface area contributed by atoms with Crippen molar-refractivity contribution in [1.29, 1.82) is 0 Å². The van der Waals surface area contributed by atoms with Gasteiger partial charge in [-0.3, -0.25) is 14.5 Å². The first-order valence-corrected chi connectivity index (χ1v) is 9.80. The van der Waals surface area contributed by atoms with Gasteiger partial charge in [-0.05, 0) is 55.6 Å². The molecule has 1 atom stereocenters. The maximum atomic E-state index is 12.5. The SMILES string of the molecule is CCc1ccccc1NC(=O)CN(C)[C@H](C)C(=O)Nc1ccc(C(C)C)cc1. The van der Waals surface area contributed by atoms with Crippen molar-refractivity contribution >= 4 is 23.2 Å². The molecule has 0 bridgehead atoms. The van der Waals surface area contributed by atoms with Gasteiger partial charge in [0.25, 0.3) is 0 Å². The van der Waals surface area contributed by atoms with Crippen LogP contribution in [0.2, 0.25) is 0 Å². The average molecular weight is 382 g/mol. The van der Waals surface area contributed by atoms with Crippen molar-refractivity contribution in [3.8, 4) is 0 Å². The zero-order valence-electron chi connectivity index (χ0n) is 17.5. The third-order valence-electron chi connectivity index (χ3n) is 4.95. The molecule has 5 nitrogen and oxygen atoms in total. The highest BCUT2D eigenvalue weighted by Gasteiger charge is 2.20. The van der Waals surface area contributed by atoms with Gasteiger partial charge >= 0.3 is 0 Å². The highest BCUT2D eigenvalue weighted by atomic mass is 16.2. The molecule has 2 N–H and O–H groups in total. The van der Waals surface area contributed by atoms with Gasteiger partial charge in [0, 0.05) is 11.4 Å². The minimum Gasteiger partial charge on any atom is -0.325 e. The minimum atomic E-state index is -0.433. The summed E-state index contributed by atoms with van der Waals surface area (Å²) in [6, 6.07) is 15.2. The number of rotatable bonds is 8. The van der Waals surface area contributed by atoms with E-state index in [1.807, 2.05) is 48.5 Å². The Morgan fingerprint density at radius 3 is 2.21 bits per heavy atom. The molecule has 0 heterocycles. The molecule has 0 unspecified atom stereocenters. The molecule has 2 aromatic carbocycles. The highest BCUT2D eigenvalue weighted by Crippen LogP contribution is 2.18. The van der Waals surface area contributed by atoms with Crippen molar-refractivity contribution in [3.63, 3.8) is 0 Å². The van der Waals surface area contributed by atoms with Gasteiger partial charge in [0.05, 0.1) is 12.6 Å². The van der Waals surface area contributed by atoms with E-state index in [4.69, 9.17) is 0 Å². The van der Waals surface area contributed by atoms with Gasteiger partial charge in [0.2, 0.25) is 11.8 Å². The molecule has 150 valence electrons. The Labute approximate surface area is 168 Å². The van der Waals surface area contributed by atoms with Crippen LogP contribution in [0.1, 0.15) is 44.7 Å². The van der Waals surface area contributed by atoms with Crippen LogP contribution in [-0.4, -0.2) is 36.3 Å². The second-order valence-electron chi connectivity index (χ2n) is 7.42. The van der Waals surface area contributed by atoms with Crippen molar-refractivity contribution in [1.82, 2.24) is 4.90 Å². The Morgan fingerprint density at radius 2 is 1.61 bits per heavy atom. The molecule has 0 saturated carbocycles. The number of anilines is 2. The quantitative estimate of drug-likeness (QED) is 0.718. The average Bonchev–Trinajstić information content (AvgIpc) is 2.68. The molecule has 0 aromatic heterocycles. The summed E-state index contributed by atoms with van der Waals surface area (Å²) in [7, 11) is 1.78. The summed E-state index contributed by atoms with van der Waals surface area (Å²) in [6.07, 6.45) is 0.848. The summed E-state index contributed by atoms with van der Waals surface area (Å²) >= 11 is 0. The van der Waals surface area contributed by atoms with E-state index in [0.29, 0.717) is 5.92 Å². The fraction of sp³-hybridized carbons (Fsp3) is 0.391. The van der Waals surface area contributed by atoms with E-state index in [9.17, 15) is 9.59 Å². The lowest BCUT2D eigenvalue weighted by atomic mass is 10.0. The standard InChI is InChI=1S/C23H31N3O2/c1-6-18-9-7-8-10-21(18)25-22(27)15-26(5)17(4)23(28)24-20-13-11-19(12-14-20)16(2)3/h7-14,16-17H,6,15H2,1-5H3,(H,24,28)(H,25,27)/t17-/m1/s1. The smallest absolute Gasteiger partial charge is 0.241 e. The maximum Gasteiger partial charge on any atom is 0.241 e. The molecule has 0 aliphatic heterocycles. The summed E-state index contributed by atoms with van der Waals surface area (Å²) in [5.41, 5.74) is 3.91. The Hall–Kier alpha value is -2.66. The lowest BCUT2D eigenvalue weighted by Gasteiger charge is -2.23. The summed E-state index contributed by atoms with van der Waals surface area (Å²) in [5, 5.41) is 5.86. The first kappa shape index (κ1) is 21.6. The monoisotopic (exact) mass is 381 g/mol. The predicted octanol–water partition coefficient (Wildman–Crippen LogP) is 4.27. The Kier molecular flexibility index (Phi) is 7.76.